The van der Waals surface area contributed by atoms with Crippen molar-refractivity contribution in [1.82, 2.24) is 14.8 Å². The maximum atomic E-state index is 6.02. The highest BCUT2D eigenvalue weighted by Gasteiger charge is 2.35. The predicted molar refractivity (Wildman–Crippen MR) is 74.2 cm³/mol. The summed E-state index contributed by atoms with van der Waals surface area (Å²) in [5.41, 5.74) is 7.49. The van der Waals surface area contributed by atoms with Gasteiger partial charge in [-0.1, -0.05) is 0 Å². The molecule has 2 heterocycles. The lowest BCUT2D eigenvalue weighted by Crippen LogP contribution is -2.60. The Morgan fingerprint density at radius 2 is 2.11 bits per heavy atom. The maximum Gasteiger partial charge on any atom is 0.0453 e. The Labute approximate surface area is 110 Å². The molecule has 1 atom stereocenters. The fraction of sp³-hybridized carbons (Fsp3) is 0.643. The second-order valence-corrected chi connectivity index (χ2v) is 5.49. The number of likely N-dealkylation sites (tertiary alicyclic amines) is 1. The first-order valence-corrected chi connectivity index (χ1v) is 6.65. The van der Waals surface area contributed by atoms with Crippen molar-refractivity contribution in [1.29, 1.82) is 0 Å². The minimum absolute atomic E-state index is 0.144. The number of pyridine rings is 1. The minimum atomic E-state index is 0.144. The first-order chi connectivity index (χ1) is 8.66. The molecule has 0 radical (unpaired) electrons. The van der Waals surface area contributed by atoms with Crippen LogP contribution in [0.5, 0.6) is 0 Å². The van der Waals surface area contributed by atoms with E-state index in [-0.39, 0.29) is 5.54 Å². The molecular formula is C14H24N4. The normalized spacial score (nSPS) is 25.6. The number of piperidine rings is 1. The molecule has 0 spiro atoms. The molecule has 0 aromatic carbocycles. The molecule has 2 N–H and O–H groups in total. The van der Waals surface area contributed by atoms with Crippen molar-refractivity contribution in [2.24, 2.45) is 5.73 Å². The number of hydrogen-bond donors (Lipinski definition) is 1. The third kappa shape index (κ3) is 2.88. The van der Waals surface area contributed by atoms with Gasteiger partial charge in [0, 0.05) is 37.6 Å². The van der Waals surface area contributed by atoms with Gasteiger partial charge in [-0.2, -0.15) is 0 Å². The summed E-state index contributed by atoms with van der Waals surface area (Å²) in [5, 5.41) is 0. The lowest BCUT2D eigenvalue weighted by Gasteiger charge is -2.46. The molecule has 1 aromatic heterocycles. The minimum Gasteiger partial charge on any atom is -0.329 e. The van der Waals surface area contributed by atoms with Crippen molar-refractivity contribution in [3.05, 3.63) is 30.1 Å². The van der Waals surface area contributed by atoms with Gasteiger partial charge in [0.05, 0.1) is 0 Å². The molecule has 0 aliphatic carbocycles. The van der Waals surface area contributed by atoms with Gasteiger partial charge in [-0.3, -0.25) is 9.88 Å². The highest BCUT2D eigenvalue weighted by molar-refractivity contribution is 5.10. The van der Waals surface area contributed by atoms with Gasteiger partial charge in [0.1, 0.15) is 0 Å². The Morgan fingerprint density at radius 1 is 1.39 bits per heavy atom. The van der Waals surface area contributed by atoms with E-state index in [1.807, 2.05) is 12.4 Å². The van der Waals surface area contributed by atoms with E-state index in [0.717, 1.165) is 26.2 Å². The van der Waals surface area contributed by atoms with Crippen LogP contribution in [-0.2, 0) is 6.54 Å². The third-order valence-corrected chi connectivity index (χ3v) is 4.12. The summed E-state index contributed by atoms with van der Waals surface area (Å²) in [6.07, 6.45) is 6.15. The van der Waals surface area contributed by atoms with Gasteiger partial charge >= 0.3 is 0 Å². The molecule has 0 amide bonds. The molecule has 0 saturated carbocycles. The van der Waals surface area contributed by atoms with E-state index >= 15 is 0 Å². The summed E-state index contributed by atoms with van der Waals surface area (Å²) in [7, 11) is 4.28. The number of aromatic nitrogens is 1. The highest BCUT2D eigenvalue weighted by atomic mass is 15.2. The fourth-order valence-electron chi connectivity index (χ4n) is 2.80. The molecule has 1 aliphatic heterocycles. The number of likely N-dealkylation sites (N-methyl/N-ethyl adjacent to an activating group) is 1. The van der Waals surface area contributed by atoms with Gasteiger partial charge in [-0.15, -0.1) is 0 Å². The van der Waals surface area contributed by atoms with E-state index in [2.05, 4.69) is 41.0 Å². The molecule has 18 heavy (non-hydrogen) atoms. The zero-order chi connectivity index (χ0) is 13.0. The Balaban J connectivity index is 2.02. The van der Waals surface area contributed by atoms with Crippen LogP contribution < -0.4 is 5.73 Å². The number of nitrogens with zero attached hydrogens (tertiary/aromatic N) is 3. The van der Waals surface area contributed by atoms with E-state index in [0.29, 0.717) is 0 Å². The highest BCUT2D eigenvalue weighted by Crippen LogP contribution is 2.25. The first-order valence-electron chi connectivity index (χ1n) is 6.65. The Bertz CT molecular complexity index is 365. The van der Waals surface area contributed by atoms with Crippen LogP contribution in [-0.4, -0.2) is 54.1 Å². The molecule has 0 bridgehead atoms. The van der Waals surface area contributed by atoms with Gasteiger partial charge in [0.15, 0.2) is 0 Å². The van der Waals surface area contributed by atoms with Gasteiger partial charge in [-0.05, 0) is 51.2 Å². The van der Waals surface area contributed by atoms with Crippen LogP contribution in [0.4, 0.5) is 0 Å². The van der Waals surface area contributed by atoms with Gasteiger partial charge < -0.3 is 10.6 Å². The molecule has 100 valence electrons. The standard InChI is InChI=1S/C14H24N4/c1-17(2)14(11-15)6-3-9-18(12-14)10-13-4-7-16-8-5-13/h4-5,7-8H,3,6,9-12,15H2,1-2H3. The quantitative estimate of drug-likeness (QED) is 0.861. The first kappa shape index (κ1) is 13.5. The number of hydrogen-bond acceptors (Lipinski definition) is 4. The van der Waals surface area contributed by atoms with E-state index in [9.17, 15) is 0 Å². The van der Waals surface area contributed by atoms with Crippen LogP contribution in [0.1, 0.15) is 18.4 Å². The molecule has 1 aliphatic rings. The molecular weight excluding hydrogens is 224 g/mol. The zero-order valence-corrected chi connectivity index (χ0v) is 11.5. The average Bonchev–Trinajstić information content (AvgIpc) is 2.40. The molecule has 4 nitrogen and oxygen atoms in total. The fourth-order valence-corrected chi connectivity index (χ4v) is 2.80. The molecule has 2 rings (SSSR count). The summed E-state index contributed by atoms with van der Waals surface area (Å²) < 4.78 is 0. The SMILES string of the molecule is CN(C)C1(CN)CCCN(Cc2ccncc2)C1. The van der Waals surface area contributed by atoms with E-state index in [4.69, 9.17) is 5.73 Å². The molecule has 1 saturated heterocycles. The monoisotopic (exact) mass is 248 g/mol. The summed E-state index contributed by atoms with van der Waals surface area (Å²) in [6, 6.07) is 4.18. The predicted octanol–water partition coefficient (Wildman–Crippen LogP) is 0.937. The largest absolute Gasteiger partial charge is 0.329 e. The lowest BCUT2D eigenvalue weighted by molar-refractivity contribution is 0.0466. The van der Waals surface area contributed by atoms with Gasteiger partial charge in [0.25, 0.3) is 0 Å². The lowest BCUT2D eigenvalue weighted by atomic mass is 9.87. The Hall–Kier alpha value is -0.970. The summed E-state index contributed by atoms with van der Waals surface area (Å²) in [4.78, 5) is 8.87. The smallest absolute Gasteiger partial charge is 0.0453 e. The second kappa shape index (κ2) is 5.78. The summed E-state index contributed by atoms with van der Waals surface area (Å²) in [5.74, 6) is 0. The second-order valence-electron chi connectivity index (χ2n) is 5.49. The van der Waals surface area contributed by atoms with Crippen molar-refractivity contribution in [3.8, 4) is 0 Å². The molecule has 1 unspecified atom stereocenters. The third-order valence-electron chi connectivity index (χ3n) is 4.12. The van der Waals surface area contributed by atoms with Gasteiger partial charge in [0.2, 0.25) is 0 Å². The van der Waals surface area contributed by atoms with Crippen molar-refractivity contribution in [2.45, 2.75) is 24.9 Å². The van der Waals surface area contributed by atoms with Crippen LogP contribution in [0.3, 0.4) is 0 Å². The van der Waals surface area contributed by atoms with Crippen LogP contribution in [0.15, 0.2) is 24.5 Å². The van der Waals surface area contributed by atoms with Crippen LogP contribution in [0.25, 0.3) is 0 Å². The van der Waals surface area contributed by atoms with Crippen LogP contribution in [0.2, 0.25) is 0 Å². The van der Waals surface area contributed by atoms with Crippen molar-refractivity contribution >= 4 is 0 Å². The topological polar surface area (TPSA) is 45.4 Å². The van der Waals surface area contributed by atoms with Crippen molar-refractivity contribution < 1.29 is 0 Å². The zero-order valence-electron chi connectivity index (χ0n) is 11.5. The van der Waals surface area contributed by atoms with Crippen LogP contribution in [0, 0.1) is 0 Å². The average molecular weight is 248 g/mol. The van der Waals surface area contributed by atoms with Gasteiger partial charge in [-0.25, -0.2) is 0 Å². The van der Waals surface area contributed by atoms with E-state index in [1.165, 1.54) is 18.4 Å². The molecule has 1 fully saturated rings. The molecule has 4 heteroatoms. The Kier molecular flexibility index (Phi) is 4.32. The maximum absolute atomic E-state index is 6.02. The summed E-state index contributed by atoms with van der Waals surface area (Å²) >= 11 is 0. The number of rotatable bonds is 4. The summed E-state index contributed by atoms with van der Waals surface area (Å²) in [6.45, 7) is 3.95. The molecule has 1 aromatic rings. The van der Waals surface area contributed by atoms with Crippen molar-refractivity contribution in [3.63, 3.8) is 0 Å². The van der Waals surface area contributed by atoms with E-state index in [1.54, 1.807) is 0 Å². The van der Waals surface area contributed by atoms with Crippen LogP contribution >= 0.6 is 0 Å². The number of nitrogens with two attached hydrogens (primary N) is 1. The van der Waals surface area contributed by atoms with E-state index < -0.39 is 0 Å². The Morgan fingerprint density at radius 3 is 2.72 bits per heavy atom. The van der Waals surface area contributed by atoms with Crippen molar-refractivity contribution in [2.75, 3.05) is 33.7 Å².